The molecule has 0 aromatic carbocycles. The lowest BCUT2D eigenvalue weighted by atomic mass is 10.1. The Labute approximate surface area is 72.2 Å². The van der Waals surface area contributed by atoms with Gasteiger partial charge in [0.1, 0.15) is 6.20 Å². The SMILES string of the molecule is CCn1n[c]c(Cl)c1C(C)C. The van der Waals surface area contributed by atoms with Gasteiger partial charge < -0.3 is 0 Å². The summed E-state index contributed by atoms with van der Waals surface area (Å²) in [6.45, 7) is 7.10. The molecular weight excluding hydrogens is 160 g/mol. The Morgan fingerprint density at radius 1 is 1.64 bits per heavy atom. The van der Waals surface area contributed by atoms with Crippen molar-refractivity contribution < 1.29 is 0 Å². The molecule has 0 atom stereocenters. The number of hydrogen-bond donors (Lipinski definition) is 0. The summed E-state index contributed by atoms with van der Waals surface area (Å²) < 4.78 is 1.88. The van der Waals surface area contributed by atoms with Gasteiger partial charge in [0.25, 0.3) is 0 Å². The summed E-state index contributed by atoms with van der Waals surface area (Å²) in [4.78, 5) is 0. The van der Waals surface area contributed by atoms with E-state index < -0.39 is 0 Å². The van der Waals surface area contributed by atoms with Crippen molar-refractivity contribution in [2.24, 2.45) is 0 Å². The molecule has 0 aliphatic rings. The fraction of sp³-hybridized carbons (Fsp3) is 0.625. The van der Waals surface area contributed by atoms with Crippen molar-refractivity contribution in [3.05, 3.63) is 16.9 Å². The fourth-order valence-corrected chi connectivity index (χ4v) is 1.47. The molecule has 0 fully saturated rings. The van der Waals surface area contributed by atoms with E-state index in [1.807, 2.05) is 11.6 Å². The molecule has 0 saturated carbocycles. The number of aromatic nitrogens is 2. The summed E-state index contributed by atoms with van der Waals surface area (Å²) in [5.41, 5.74) is 1.08. The van der Waals surface area contributed by atoms with E-state index in [2.05, 4.69) is 25.1 Å². The number of nitrogens with zero attached hydrogens (tertiary/aromatic N) is 2. The number of hydrogen-bond acceptors (Lipinski definition) is 1. The highest BCUT2D eigenvalue weighted by Crippen LogP contribution is 2.22. The maximum atomic E-state index is 5.88. The van der Waals surface area contributed by atoms with Crippen LogP contribution in [0.25, 0.3) is 0 Å². The zero-order valence-electron chi connectivity index (χ0n) is 7.06. The van der Waals surface area contributed by atoms with E-state index in [1.54, 1.807) is 0 Å². The van der Waals surface area contributed by atoms with E-state index >= 15 is 0 Å². The topological polar surface area (TPSA) is 17.8 Å². The molecule has 61 valence electrons. The summed E-state index contributed by atoms with van der Waals surface area (Å²) in [7, 11) is 0. The maximum absolute atomic E-state index is 5.88. The van der Waals surface area contributed by atoms with Crippen LogP contribution in [-0.2, 0) is 6.54 Å². The summed E-state index contributed by atoms with van der Waals surface area (Å²) >= 11 is 5.88. The third kappa shape index (κ3) is 1.56. The summed E-state index contributed by atoms with van der Waals surface area (Å²) in [6, 6.07) is 0. The Hall–Kier alpha value is -0.500. The van der Waals surface area contributed by atoms with Gasteiger partial charge in [-0.05, 0) is 12.8 Å². The van der Waals surface area contributed by atoms with E-state index in [-0.39, 0.29) is 0 Å². The van der Waals surface area contributed by atoms with Crippen molar-refractivity contribution in [2.75, 3.05) is 0 Å². The van der Waals surface area contributed by atoms with E-state index in [0.717, 1.165) is 12.2 Å². The molecule has 0 bridgehead atoms. The summed E-state index contributed by atoms with van der Waals surface area (Å²) in [6.07, 6.45) is 2.75. The van der Waals surface area contributed by atoms with E-state index in [1.165, 1.54) is 0 Å². The molecule has 11 heavy (non-hydrogen) atoms. The number of aryl methyl sites for hydroxylation is 1. The fourth-order valence-electron chi connectivity index (χ4n) is 1.12. The minimum atomic E-state index is 0.418. The molecule has 1 rings (SSSR count). The minimum Gasteiger partial charge on any atom is -0.267 e. The average molecular weight is 172 g/mol. The van der Waals surface area contributed by atoms with Crippen LogP contribution in [0.1, 0.15) is 32.4 Å². The van der Waals surface area contributed by atoms with Crippen LogP contribution in [0, 0.1) is 6.20 Å². The highest BCUT2D eigenvalue weighted by atomic mass is 35.5. The van der Waals surface area contributed by atoms with Gasteiger partial charge >= 0.3 is 0 Å². The largest absolute Gasteiger partial charge is 0.267 e. The van der Waals surface area contributed by atoms with E-state index in [4.69, 9.17) is 11.6 Å². The zero-order chi connectivity index (χ0) is 8.43. The van der Waals surface area contributed by atoms with E-state index in [0.29, 0.717) is 10.9 Å². The lowest BCUT2D eigenvalue weighted by molar-refractivity contribution is 0.597. The normalized spacial score (nSPS) is 11.0. The van der Waals surface area contributed by atoms with Crippen molar-refractivity contribution in [1.82, 2.24) is 9.78 Å². The van der Waals surface area contributed by atoms with Crippen LogP contribution >= 0.6 is 11.6 Å². The third-order valence-electron chi connectivity index (χ3n) is 1.62. The quantitative estimate of drug-likeness (QED) is 0.669. The van der Waals surface area contributed by atoms with Crippen LogP contribution in [0.2, 0.25) is 5.02 Å². The summed E-state index contributed by atoms with van der Waals surface area (Å²) in [5, 5.41) is 4.67. The second-order valence-corrected chi connectivity index (χ2v) is 3.16. The Balaban J connectivity index is 3.07. The van der Waals surface area contributed by atoms with Gasteiger partial charge in [-0.3, -0.25) is 4.68 Å². The van der Waals surface area contributed by atoms with Crippen molar-refractivity contribution in [2.45, 2.75) is 33.2 Å². The molecule has 1 aromatic rings. The molecule has 0 spiro atoms. The first-order valence-electron chi connectivity index (χ1n) is 3.80. The molecule has 0 unspecified atom stereocenters. The second kappa shape index (κ2) is 3.26. The zero-order valence-corrected chi connectivity index (χ0v) is 7.81. The van der Waals surface area contributed by atoms with Gasteiger partial charge in [-0.15, -0.1) is 0 Å². The molecule has 2 nitrogen and oxygen atoms in total. The lowest BCUT2D eigenvalue weighted by Crippen LogP contribution is -2.03. The standard InChI is InChI=1S/C8H12ClN2/c1-4-11-8(6(2)3)7(9)5-10-11/h6H,4H2,1-3H3. The van der Waals surface area contributed by atoms with Gasteiger partial charge in [-0.25, -0.2) is 0 Å². The van der Waals surface area contributed by atoms with Gasteiger partial charge in [0.2, 0.25) is 0 Å². The average Bonchev–Trinajstić information content (AvgIpc) is 2.30. The molecule has 1 radical (unpaired) electrons. The lowest BCUT2D eigenvalue weighted by Gasteiger charge is -2.07. The first-order valence-corrected chi connectivity index (χ1v) is 4.18. The molecule has 1 heterocycles. The number of halogens is 1. The van der Waals surface area contributed by atoms with Crippen LogP contribution < -0.4 is 0 Å². The van der Waals surface area contributed by atoms with Gasteiger partial charge in [-0.2, -0.15) is 5.10 Å². The van der Waals surface area contributed by atoms with Crippen molar-refractivity contribution >= 4 is 11.6 Å². The molecule has 1 aromatic heterocycles. The van der Waals surface area contributed by atoms with E-state index in [9.17, 15) is 0 Å². The molecule has 0 amide bonds. The van der Waals surface area contributed by atoms with Gasteiger partial charge in [0.05, 0.1) is 10.7 Å². The second-order valence-electron chi connectivity index (χ2n) is 2.78. The Bertz CT molecular complexity index is 240. The Morgan fingerprint density at radius 2 is 2.27 bits per heavy atom. The molecule has 0 saturated heterocycles. The minimum absolute atomic E-state index is 0.418. The van der Waals surface area contributed by atoms with Crippen molar-refractivity contribution in [1.29, 1.82) is 0 Å². The van der Waals surface area contributed by atoms with Gasteiger partial charge in [-0.1, -0.05) is 25.4 Å². The van der Waals surface area contributed by atoms with Crippen LogP contribution in [0.3, 0.4) is 0 Å². The van der Waals surface area contributed by atoms with Gasteiger partial charge in [0, 0.05) is 6.54 Å². The third-order valence-corrected chi connectivity index (χ3v) is 1.90. The molecular formula is C8H12ClN2. The van der Waals surface area contributed by atoms with Crippen molar-refractivity contribution in [3.8, 4) is 0 Å². The smallest absolute Gasteiger partial charge is 0.133 e. The molecule has 0 N–H and O–H groups in total. The van der Waals surface area contributed by atoms with Crippen LogP contribution in [0.4, 0.5) is 0 Å². The molecule has 0 aliphatic carbocycles. The highest BCUT2D eigenvalue weighted by molar-refractivity contribution is 6.31. The Kier molecular flexibility index (Phi) is 2.55. The predicted octanol–water partition coefficient (Wildman–Crippen LogP) is 2.48. The number of rotatable bonds is 2. The monoisotopic (exact) mass is 171 g/mol. The summed E-state index contributed by atoms with van der Waals surface area (Å²) in [5.74, 6) is 0.418. The maximum Gasteiger partial charge on any atom is 0.133 e. The van der Waals surface area contributed by atoms with Gasteiger partial charge in [0.15, 0.2) is 0 Å². The first kappa shape index (κ1) is 8.60. The molecule has 0 aliphatic heterocycles. The molecule has 3 heteroatoms. The van der Waals surface area contributed by atoms with Crippen molar-refractivity contribution in [3.63, 3.8) is 0 Å². The van der Waals surface area contributed by atoms with Crippen LogP contribution in [0.15, 0.2) is 0 Å². The van der Waals surface area contributed by atoms with Crippen LogP contribution in [0.5, 0.6) is 0 Å². The first-order chi connectivity index (χ1) is 5.16. The Morgan fingerprint density at radius 3 is 2.64 bits per heavy atom. The van der Waals surface area contributed by atoms with Crippen LogP contribution in [-0.4, -0.2) is 9.78 Å². The predicted molar refractivity (Wildman–Crippen MR) is 45.8 cm³/mol. The highest BCUT2D eigenvalue weighted by Gasteiger charge is 2.11.